The van der Waals surface area contributed by atoms with Crippen LogP contribution < -0.4 is 4.74 Å². The number of hydrogen-bond donors (Lipinski definition) is 0. The third-order valence-corrected chi connectivity index (χ3v) is 4.00. The first-order valence-electron chi connectivity index (χ1n) is 5.26. The summed E-state index contributed by atoms with van der Waals surface area (Å²) in [7, 11) is 0. The molecule has 2 nitrogen and oxygen atoms in total. The summed E-state index contributed by atoms with van der Waals surface area (Å²) < 4.78 is 6.66. The van der Waals surface area contributed by atoms with Gasteiger partial charge >= 0.3 is 0 Å². The molecule has 94 valence electrons. The van der Waals surface area contributed by atoms with Gasteiger partial charge in [0.2, 0.25) is 0 Å². The average Bonchev–Trinajstić information content (AvgIpc) is 2.39. The number of aromatic nitrogens is 1. The van der Waals surface area contributed by atoms with Gasteiger partial charge in [-0.2, -0.15) is 0 Å². The monoisotopic (exact) mass is 389 g/mol. The summed E-state index contributed by atoms with van der Waals surface area (Å²) >= 11 is 12.9. The Balaban J connectivity index is 2.09. The minimum absolute atomic E-state index is 0.424. The van der Waals surface area contributed by atoms with Crippen LogP contribution in [0.15, 0.2) is 41.1 Å². The molecule has 0 amide bonds. The molecule has 0 aliphatic heterocycles. The maximum atomic E-state index is 6.02. The number of nitrogens with zero attached hydrogens (tertiary/aromatic N) is 1. The van der Waals surface area contributed by atoms with Gasteiger partial charge in [-0.05, 0) is 39.7 Å². The third-order valence-electron chi connectivity index (χ3n) is 2.39. The molecule has 0 atom stereocenters. The van der Waals surface area contributed by atoms with Gasteiger partial charge in [0.05, 0.1) is 9.50 Å². The van der Waals surface area contributed by atoms with Crippen LogP contribution in [0.1, 0.15) is 11.1 Å². The van der Waals surface area contributed by atoms with Crippen LogP contribution in [0.3, 0.4) is 0 Å². The topological polar surface area (TPSA) is 22.1 Å². The second-order valence-corrected chi connectivity index (χ2v) is 5.48. The molecule has 2 rings (SSSR count). The first-order chi connectivity index (χ1) is 8.70. The second kappa shape index (κ2) is 6.55. The quantitative estimate of drug-likeness (QED) is 0.687. The maximum absolute atomic E-state index is 6.02. The van der Waals surface area contributed by atoms with E-state index in [1.165, 1.54) is 5.56 Å². The Hall–Kier alpha value is -0.580. The van der Waals surface area contributed by atoms with Crippen molar-refractivity contribution in [3.8, 4) is 5.75 Å². The molecule has 5 heteroatoms. The third kappa shape index (κ3) is 3.46. The van der Waals surface area contributed by atoms with Crippen LogP contribution in [0.5, 0.6) is 5.75 Å². The van der Waals surface area contributed by atoms with Gasteiger partial charge in [-0.15, -0.1) is 0 Å². The number of rotatable bonds is 4. The molecule has 0 bridgehead atoms. The molecule has 1 heterocycles. The smallest absolute Gasteiger partial charge is 0.134 e. The van der Waals surface area contributed by atoms with Crippen molar-refractivity contribution in [1.82, 2.24) is 4.98 Å². The highest BCUT2D eigenvalue weighted by Crippen LogP contribution is 2.28. The largest absolute Gasteiger partial charge is 0.488 e. The molecule has 2 aromatic rings. The lowest BCUT2D eigenvalue weighted by molar-refractivity contribution is 0.304. The lowest BCUT2D eigenvalue weighted by Gasteiger charge is -2.10. The summed E-state index contributed by atoms with van der Waals surface area (Å²) in [6, 6.07) is 7.83. The predicted molar refractivity (Wildman–Crippen MR) is 80.4 cm³/mol. The SMILES string of the molecule is Clc1cnccc1COc1ccc(CBr)cc1Br. The van der Waals surface area contributed by atoms with Crippen molar-refractivity contribution in [1.29, 1.82) is 0 Å². The van der Waals surface area contributed by atoms with Gasteiger partial charge in [-0.25, -0.2) is 0 Å². The summed E-state index contributed by atoms with van der Waals surface area (Å²) in [4.78, 5) is 3.94. The Labute approximate surface area is 128 Å². The number of ether oxygens (including phenoxy) is 1. The lowest BCUT2D eigenvalue weighted by atomic mass is 10.2. The average molecular weight is 391 g/mol. The molecule has 0 fully saturated rings. The summed E-state index contributed by atoms with van der Waals surface area (Å²) in [5.41, 5.74) is 2.11. The second-order valence-electron chi connectivity index (χ2n) is 3.65. The molecule has 0 saturated carbocycles. The first-order valence-corrected chi connectivity index (χ1v) is 7.55. The van der Waals surface area contributed by atoms with Crippen LogP contribution in [-0.2, 0) is 11.9 Å². The van der Waals surface area contributed by atoms with Gasteiger partial charge in [0.1, 0.15) is 12.4 Å². The molecule has 0 aliphatic carbocycles. The van der Waals surface area contributed by atoms with Crippen LogP contribution in [0.25, 0.3) is 0 Å². The predicted octanol–water partition coefficient (Wildman–Crippen LogP) is 4.97. The van der Waals surface area contributed by atoms with Crippen molar-refractivity contribution in [2.24, 2.45) is 0 Å². The zero-order valence-corrected chi connectivity index (χ0v) is 13.3. The van der Waals surface area contributed by atoms with E-state index in [0.717, 1.165) is 21.1 Å². The van der Waals surface area contributed by atoms with E-state index in [2.05, 4.69) is 36.8 Å². The molecular weight excluding hydrogens is 381 g/mol. The number of halogens is 3. The fourth-order valence-electron chi connectivity index (χ4n) is 1.42. The highest BCUT2D eigenvalue weighted by molar-refractivity contribution is 9.10. The molecule has 0 unspecified atom stereocenters. The fraction of sp³-hybridized carbons (Fsp3) is 0.154. The van der Waals surface area contributed by atoms with Crippen molar-refractivity contribution >= 4 is 43.5 Å². The van der Waals surface area contributed by atoms with Gasteiger partial charge in [-0.1, -0.05) is 33.6 Å². The van der Waals surface area contributed by atoms with Crippen molar-refractivity contribution in [2.75, 3.05) is 0 Å². The minimum Gasteiger partial charge on any atom is -0.488 e. The van der Waals surface area contributed by atoms with E-state index in [1.54, 1.807) is 12.4 Å². The van der Waals surface area contributed by atoms with Crippen molar-refractivity contribution in [2.45, 2.75) is 11.9 Å². The molecule has 18 heavy (non-hydrogen) atoms. The number of hydrogen-bond acceptors (Lipinski definition) is 2. The van der Waals surface area contributed by atoms with Crippen LogP contribution in [0.4, 0.5) is 0 Å². The molecule has 0 aliphatic rings. The first kappa shape index (κ1) is 13.8. The minimum atomic E-state index is 0.424. The Bertz CT molecular complexity index is 548. The molecule has 0 radical (unpaired) electrons. The Morgan fingerprint density at radius 3 is 2.78 bits per heavy atom. The summed E-state index contributed by atoms with van der Waals surface area (Å²) in [6.45, 7) is 0.424. The summed E-state index contributed by atoms with van der Waals surface area (Å²) in [6.07, 6.45) is 3.32. The maximum Gasteiger partial charge on any atom is 0.134 e. The Morgan fingerprint density at radius 2 is 2.11 bits per heavy atom. The van der Waals surface area contributed by atoms with Crippen LogP contribution in [0, 0.1) is 0 Å². The molecule has 1 aromatic heterocycles. The van der Waals surface area contributed by atoms with Gasteiger partial charge in [-0.3, -0.25) is 4.98 Å². The van der Waals surface area contributed by atoms with Gasteiger partial charge in [0.15, 0.2) is 0 Å². The van der Waals surface area contributed by atoms with Crippen molar-refractivity contribution in [3.05, 3.63) is 57.3 Å². The summed E-state index contributed by atoms with van der Waals surface area (Å²) in [5.74, 6) is 0.799. The van der Waals surface area contributed by atoms with E-state index >= 15 is 0 Å². The molecular formula is C13H10Br2ClNO. The normalized spacial score (nSPS) is 10.4. The van der Waals surface area contributed by atoms with Crippen LogP contribution in [0.2, 0.25) is 5.02 Å². The molecule has 0 saturated heterocycles. The number of pyridine rings is 1. The molecule has 1 aromatic carbocycles. The van der Waals surface area contributed by atoms with Gasteiger partial charge in [0, 0.05) is 23.3 Å². The molecule has 0 spiro atoms. The standard InChI is InChI=1S/C13H10Br2ClNO/c14-6-9-1-2-13(11(15)5-9)18-8-10-3-4-17-7-12(10)16/h1-5,7H,6,8H2. The van der Waals surface area contributed by atoms with E-state index in [0.29, 0.717) is 11.6 Å². The fourth-order valence-corrected chi connectivity index (χ4v) is 2.48. The van der Waals surface area contributed by atoms with Crippen molar-refractivity contribution < 1.29 is 4.74 Å². The Morgan fingerprint density at radius 1 is 1.28 bits per heavy atom. The van der Waals surface area contributed by atoms with E-state index in [4.69, 9.17) is 16.3 Å². The summed E-state index contributed by atoms with van der Waals surface area (Å²) in [5, 5.41) is 1.44. The van der Waals surface area contributed by atoms with Gasteiger partial charge in [0.25, 0.3) is 0 Å². The van der Waals surface area contributed by atoms with E-state index in [-0.39, 0.29) is 0 Å². The zero-order valence-electron chi connectivity index (χ0n) is 9.37. The van der Waals surface area contributed by atoms with E-state index in [9.17, 15) is 0 Å². The molecule has 0 N–H and O–H groups in total. The lowest BCUT2D eigenvalue weighted by Crippen LogP contribution is -1.97. The number of benzene rings is 1. The Kier molecular flexibility index (Phi) is 5.03. The van der Waals surface area contributed by atoms with Gasteiger partial charge < -0.3 is 4.74 Å². The van der Waals surface area contributed by atoms with E-state index in [1.807, 2.05) is 24.3 Å². The van der Waals surface area contributed by atoms with Crippen LogP contribution in [-0.4, -0.2) is 4.98 Å². The highest BCUT2D eigenvalue weighted by atomic mass is 79.9. The van der Waals surface area contributed by atoms with Crippen LogP contribution >= 0.6 is 43.5 Å². The van der Waals surface area contributed by atoms with E-state index < -0.39 is 0 Å². The number of alkyl halides is 1. The highest BCUT2D eigenvalue weighted by Gasteiger charge is 2.05. The zero-order chi connectivity index (χ0) is 13.0. The van der Waals surface area contributed by atoms with Crippen molar-refractivity contribution in [3.63, 3.8) is 0 Å².